The molecule has 3 aromatic rings. The first-order valence-corrected chi connectivity index (χ1v) is 13.1. The van der Waals surface area contributed by atoms with Crippen molar-refractivity contribution in [3.05, 3.63) is 53.8 Å². The van der Waals surface area contributed by atoms with Crippen LogP contribution in [-0.2, 0) is 14.8 Å². The molecular formula is C23H24ClN5O4S. The summed E-state index contributed by atoms with van der Waals surface area (Å²) in [6, 6.07) is 10.4. The molecule has 1 spiro atoms. The summed E-state index contributed by atoms with van der Waals surface area (Å²) in [5, 5.41) is 4.54. The Kier molecular flexibility index (Phi) is 5.10. The van der Waals surface area contributed by atoms with Crippen LogP contribution in [0, 0.1) is 0 Å². The molecule has 1 unspecified atom stereocenters. The first kappa shape index (κ1) is 21.8. The topological polar surface area (TPSA) is 99.0 Å². The third-order valence-electron chi connectivity index (χ3n) is 7.13. The summed E-state index contributed by atoms with van der Waals surface area (Å²) in [6.45, 7) is 2.29. The van der Waals surface area contributed by atoms with E-state index in [1.807, 2.05) is 12.1 Å². The number of carbonyl (C=O) groups excluding carboxylic acids is 1. The zero-order valence-electron chi connectivity index (χ0n) is 18.4. The maximum atomic E-state index is 13.3. The van der Waals surface area contributed by atoms with Gasteiger partial charge in [0.05, 0.1) is 12.7 Å². The van der Waals surface area contributed by atoms with E-state index in [0.29, 0.717) is 22.5 Å². The number of nitrogens with zero attached hydrogens (tertiary/aromatic N) is 4. The zero-order valence-corrected chi connectivity index (χ0v) is 19.9. The molecule has 1 atom stereocenters. The number of furan rings is 1. The van der Waals surface area contributed by atoms with E-state index in [1.165, 1.54) is 10.4 Å². The first-order valence-electron chi connectivity index (χ1n) is 11.2. The molecule has 9 nitrogen and oxygen atoms in total. The fourth-order valence-electron chi connectivity index (χ4n) is 5.30. The molecule has 11 heteroatoms. The van der Waals surface area contributed by atoms with E-state index in [-0.39, 0.29) is 35.8 Å². The number of fused-ring (bicyclic) bond motifs is 2. The number of hydrogen-bond acceptors (Lipinski definition) is 7. The van der Waals surface area contributed by atoms with Gasteiger partial charge >= 0.3 is 0 Å². The molecule has 0 aliphatic carbocycles. The van der Waals surface area contributed by atoms with E-state index < -0.39 is 10.0 Å². The minimum absolute atomic E-state index is 0.176. The van der Waals surface area contributed by atoms with Crippen LogP contribution >= 0.6 is 11.6 Å². The van der Waals surface area contributed by atoms with Crippen molar-refractivity contribution in [3.8, 4) is 0 Å². The van der Waals surface area contributed by atoms with Gasteiger partial charge in [-0.2, -0.15) is 4.31 Å². The summed E-state index contributed by atoms with van der Waals surface area (Å²) in [4.78, 5) is 21.2. The number of piperidine rings is 1. The molecular weight excluding hydrogens is 478 g/mol. The molecule has 2 aromatic heterocycles. The van der Waals surface area contributed by atoms with Crippen LogP contribution in [0.3, 0.4) is 0 Å². The fraction of sp³-hybridized carbons (Fsp3) is 0.391. The van der Waals surface area contributed by atoms with Crippen molar-refractivity contribution in [3.63, 3.8) is 0 Å². The molecule has 1 N–H and O–H groups in total. The number of pyridine rings is 1. The van der Waals surface area contributed by atoms with Gasteiger partial charge in [0.2, 0.25) is 11.0 Å². The number of nitrogens with one attached hydrogen (secondary N) is 1. The number of halogens is 1. The summed E-state index contributed by atoms with van der Waals surface area (Å²) < 4.78 is 33.5. The van der Waals surface area contributed by atoms with Crippen LogP contribution in [0.1, 0.15) is 12.8 Å². The van der Waals surface area contributed by atoms with Crippen molar-refractivity contribution in [2.24, 2.45) is 0 Å². The standard InChI is InChI=1S/C23H24ClN5O4S/c24-17-1-2-19-16(11-17)12-22(33-19)34(31,32)28-13-20-26-23(15-29(20)21(30)14-28)5-9-27(10-6-23)18-3-7-25-8-4-18/h1-4,7-8,11-12,20,26H,5-6,9-10,13-15H2. The molecule has 0 saturated carbocycles. The number of hydrogen-bond donors (Lipinski definition) is 1. The van der Waals surface area contributed by atoms with Gasteiger partial charge in [-0.05, 0) is 43.2 Å². The fourth-order valence-corrected chi connectivity index (χ4v) is 6.82. The van der Waals surface area contributed by atoms with Gasteiger partial charge in [0.25, 0.3) is 10.0 Å². The maximum Gasteiger partial charge on any atom is 0.277 e. The van der Waals surface area contributed by atoms with Crippen molar-refractivity contribution in [1.82, 2.24) is 19.5 Å². The third kappa shape index (κ3) is 3.65. The van der Waals surface area contributed by atoms with E-state index >= 15 is 0 Å². The molecule has 34 heavy (non-hydrogen) atoms. The highest BCUT2D eigenvalue weighted by Gasteiger charge is 2.51. The van der Waals surface area contributed by atoms with Crippen molar-refractivity contribution in [2.75, 3.05) is 37.6 Å². The third-order valence-corrected chi connectivity index (χ3v) is 9.03. The van der Waals surface area contributed by atoms with Gasteiger partial charge in [-0.1, -0.05) is 11.6 Å². The molecule has 3 saturated heterocycles. The second-order valence-electron chi connectivity index (χ2n) is 9.20. The monoisotopic (exact) mass is 501 g/mol. The highest BCUT2D eigenvalue weighted by atomic mass is 35.5. The Morgan fingerprint density at radius 2 is 1.88 bits per heavy atom. The van der Waals surface area contributed by atoms with Crippen molar-refractivity contribution in [2.45, 2.75) is 29.6 Å². The van der Waals surface area contributed by atoms with E-state index in [4.69, 9.17) is 16.0 Å². The number of benzene rings is 1. The minimum Gasteiger partial charge on any atom is -0.443 e. The summed E-state index contributed by atoms with van der Waals surface area (Å²) in [5.41, 5.74) is 1.37. The lowest BCUT2D eigenvalue weighted by Crippen LogP contribution is -2.58. The number of aromatic nitrogens is 1. The Balaban J connectivity index is 1.19. The second kappa shape index (κ2) is 7.94. The average Bonchev–Trinajstić information content (AvgIpc) is 3.42. The zero-order chi connectivity index (χ0) is 23.5. The predicted molar refractivity (Wildman–Crippen MR) is 127 cm³/mol. The lowest BCUT2D eigenvalue weighted by molar-refractivity contribution is -0.135. The molecule has 3 fully saturated rings. The normalized spacial score (nSPS) is 23.1. The predicted octanol–water partition coefficient (Wildman–Crippen LogP) is 2.28. The van der Waals surface area contributed by atoms with Crippen molar-refractivity contribution in [1.29, 1.82) is 0 Å². The summed E-state index contributed by atoms with van der Waals surface area (Å²) in [5.74, 6) is -0.195. The van der Waals surface area contributed by atoms with Gasteiger partial charge in [0.15, 0.2) is 0 Å². The van der Waals surface area contributed by atoms with Crippen LogP contribution in [0.15, 0.2) is 58.3 Å². The number of piperazine rings is 1. The minimum atomic E-state index is -3.97. The van der Waals surface area contributed by atoms with E-state index in [1.54, 1.807) is 35.5 Å². The van der Waals surface area contributed by atoms with Crippen LogP contribution in [0.2, 0.25) is 5.02 Å². The number of amides is 1. The van der Waals surface area contributed by atoms with Gasteiger partial charge < -0.3 is 14.2 Å². The molecule has 3 aliphatic heterocycles. The van der Waals surface area contributed by atoms with Gasteiger partial charge in [-0.15, -0.1) is 0 Å². The van der Waals surface area contributed by atoms with Crippen molar-refractivity contribution >= 4 is 44.2 Å². The van der Waals surface area contributed by atoms with Gasteiger partial charge in [-0.25, -0.2) is 8.42 Å². The highest BCUT2D eigenvalue weighted by Crippen LogP contribution is 2.35. The molecule has 1 amide bonds. The number of carbonyl (C=O) groups is 1. The van der Waals surface area contributed by atoms with Gasteiger partial charge in [0, 0.05) is 66.3 Å². The summed E-state index contributed by atoms with van der Waals surface area (Å²) in [7, 11) is -3.97. The largest absolute Gasteiger partial charge is 0.443 e. The molecule has 0 bridgehead atoms. The highest BCUT2D eigenvalue weighted by molar-refractivity contribution is 7.89. The van der Waals surface area contributed by atoms with E-state index in [0.717, 1.165) is 31.6 Å². The Morgan fingerprint density at radius 3 is 2.65 bits per heavy atom. The van der Waals surface area contributed by atoms with Crippen LogP contribution in [-0.4, -0.2) is 72.9 Å². The molecule has 178 valence electrons. The number of rotatable bonds is 3. The Labute approximate surface area is 202 Å². The van der Waals surface area contributed by atoms with Crippen LogP contribution in [0.4, 0.5) is 5.69 Å². The van der Waals surface area contributed by atoms with Crippen LogP contribution in [0.25, 0.3) is 11.0 Å². The van der Waals surface area contributed by atoms with E-state index in [2.05, 4.69) is 15.2 Å². The Bertz CT molecular complexity index is 1350. The Hall–Kier alpha value is -2.66. The van der Waals surface area contributed by atoms with Crippen LogP contribution < -0.4 is 10.2 Å². The van der Waals surface area contributed by atoms with Gasteiger partial charge in [-0.3, -0.25) is 15.1 Å². The molecule has 6 rings (SSSR count). The SMILES string of the molecule is O=C1CN(S(=O)(=O)c2cc3cc(Cl)ccc3o2)CC2NC3(CCN(c4ccncc4)CC3)CN12. The lowest BCUT2D eigenvalue weighted by atomic mass is 9.88. The van der Waals surface area contributed by atoms with Crippen molar-refractivity contribution < 1.29 is 17.6 Å². The average molecular weight is 502 g/mol. The number of sulfonamides is 1. The molecule has 5 heterocycles. The number of anilines is 1. The molecule has 0 radical (unpaired) electrons. The maximum absolute atomic E-state index is 13.3. The second-order valence-corrected chi connectivity index (χ2v) is 11.5. The molecule has 3 aliphatic rings. The smallest absolute Gasteiger partial charge is 0.277 e. The summed E-state index contributed by atoms with van der Waals surface area (Å²) in [6.07, 6.45) is 4.96. The lowest BCUT2D eigenvalue weighted by Gasteiger charge is -2.40. The van der Waals surface area contributed by atoms with Crippen LogP contribution in [0.5, 0.6) is 0 Å². The van der Waals surface area contributed by atoms with Gasteiger partial charge in [0.1, 0.15) is 5.58 Å². The molecule has 1 aromatic carbocycles. The quantitative estimate of drug-likeness (QED) is 0.587. The Morgan fingerprint density at radius 1 is 1.12 bits per heavy atom. The van der Waals surface area contributed by atoms with E-state index in [9.17, 15) is 13.2 Å². The summed E-state index contributed by atoms with van der Waals surface area (Å²) >= 11 is 6.02. The first-order chi connectivity index (χ1) is 16.3.